The molecule has 0 saturated carbocycles. The van der Waals surface area contributed by atoms with Gasteiger partial charge in [-0.15, -0.1) is 0 Å². The molecule has 0 aromatic carbocycles. The summed E-state index contributed by atoms with van der Waals surface area (Å²) in [6.45, 7) is 1.64. The highest BCUT2D eigenvalue weighted by Crippen LogP contribution is 2.30. The van der Waals surface area contributed by atoms with Crippen molar-refractivity contribution in [1.82, 2.24) is 9.78 Å². The van der Waals surface area contributed by atoms with E-state index in [0.29, 0.717) is 6.04 Å². The van der Waals surface area contributed by atoms with Crippen molar-refractivity contribution in [3.63, 3.8) is 0 Å². The summed E-state index contributed by atoms with van der Waals surface area (Å²) in [5.74, 6) is 0.788. The minimum absolute atomic E-state index is 0.432. The van der Waals surface area contributed by atoms with E-state index in [-0.39, 0.29) is 0 Å². The molecule has 2 rings (SSSR count). The second kappa shape index (κ2) is 4.31. The van der Waals surface area contributed by atoms with Gasteiger partial charge >= 0.3 is 0 Å². The Morgan fingerprint density at radius 3 is 2.86 bits per heavy atom. The van der Waals surface area contributed by atoms with Crippen molar-refractivity contribution in [2.45, 2.75) is 18.9 Å². The first-order chi connectivity index (χ1) is 6.83. The maximum Gasteiger partial charge on any atom is 0.171 e. The topological polar surface area (TPSA) is 36.3 Å². The highest BCUT2D eigenvalue weighted by molar-refractivity contribution is 9.10. The molecule has 0 spiro atoms. The number of methoxy groups -OCH3 is 1. The molecule has 0 aliphatic carbocycles. The summed E-state index contributed by atoms with van der Waals surface area (Å²) < 4.78 is 13.4. The Labute approximate surface area is 91.3 Å². The number of ether oxygens (including phenoxy) is 2. The van der Waals surface area contributed by atoms with Crippen LogP contribution in [0.3, 0.4) is 0 Å². The van der Waals surface area contributed by atoms with Crippen LogP contribution in [-0.4, -0.2) is 30.1 Å². The third kappa shape index (κ3) is 1.79. The maximum absolute atomic E-state index is 5.31. The first kappa shape index (κ1) is 9.98. The summed E-state index contributed by atoms with van der Waals surface area (Å²) in [6, 6.07) is 0.432. The van der Waals surface area contributed by atoms with Gasteiger partial charge in [0.15, 0.2) is 5.75 Å². The molecule has 4 nitrogen and oxygen atoms in total. The summed E-state index contributed by atoms with van der Waals surface area (Å²) in [6.07, 6.45) is 3.77. The van der Waals surface area contributed by atoms with Gasteiger partial charge < -0.3 is 9.47 Å². The van der Waals surface area contributed by atoms with Crippen molar-refractivity contribution >= 4 is 15.9 Å². The molecule has 1 aliphatic heterocycles. The van der Waals surface area contributed by atoms with Gasteiger partial charge in [-0.1, -0.05) is 0 Å². The average molecular weight is 261 g/mol. The fourth-order valence-electron chi connectivity index (χ4n) is 1.65. The monoisotopic (exact) mass is 260 g/mol. The van der Waals surface area contributed by atoms with Crippen LogP contribution >= 0.6 is 15.9 Å². The number of hydrogen-bond donors (Lipinski definition) is 0. The van der Waals surface area contributed by atoms with E-state index in [1.165, 1.54) is 0 Å². The highest BCUT2D eigenvalue weighted by Gasteiger charge is 2.20. The molecule has 0 bridgehead atoms. The van der Waals surface area contributed by atoms with Gasteiger partial charge in [0.2, 0.25) is 0 Å². The van der Waals surface area contributed by atoms with Gasteiger partial charge in [-0.3, -0.25) is 4.68 Å². The lowest BCUT2D eigenvalue weighted by Crippen LogP contribution is -2.20. The average Bonchev–Trinajstić information content (AvgIpc) is 2.61. The van der Waals surface area contributed by atoms with Crippen LogP contribution in [0.25, 0.3) is 0 Å². The van der Waals surface area contributed by atoms with Crippen molar-refractivity contribution in [2.24, 2.45) is 0 Å². The van der Waals surface area contributed by atoms with E-state index in [9.17, 15) is 0 Å². The van der Waals surface area contributed by atoms with Crippen molar-refractivity contribution in [2.75, 3.05) is 20.3 Å². The number of hydrogen-bond acceptors (Lipinski definition) is 3. The number of halogens is 1. The molecule has 1 aromatic heterocycles. The Morgan fingerprint density at radius 2 is 2.29 bits per heavy atom. The minimum Gasteiger partial charge on any atom is -0.492 e. The molecule has 2 heterocycles. The minimum atomic E-state index is 0.432. The lowest BCUT2D eigenvalue weighted by molar-refractivity contribution is 0.0655. The van der Waals surface area contributed by atoms with Crippen LogP contribution in [0.4, 0.5) is 0 Å². The first-order valence-corrected chi connectivity index (χ1v) is 5.47. The predicted octanol–water partition coefficient (Wildman–Crippen LogP) is 2.01. The van der Waals surface area contributed by atoms with E-state index < -0.39 is 0 Å². The summed E-state index contributed by atoms with van der Waals surface area (Å²) >= 11 is 3.48. The molecule has 0 atom stereocenters. The molecule has 0 unspecified atom stereocenters. The zero-order valence-electron chi connectivity index (χ0n) is 8.07. The van der Waals surface area contributed by atoms with Crippen molar-refractivity contribution in [3.05, 3.63) is 10.8 Å². The van der Waals surface area contributed by atoms with Gasteiger partial charge in [0.1, 0.15) is 4.60 Å². The Morgan fingerprint density at radius 1 is 1.57 bits per heavy atom. The van der Waals surface area contributed by atoms with Crippen LogP contribution in [0.15, 0.2) is 10.8 Å². The SMILES string of the molecule is COc1cnn(C2CCOCC2)c1Br. The van der Waals surface area contributed by atoms with Gasteiger partial charge in [-0.05, 0) is 28.8 Å². The Bertz CT molecular complexity index is 308. The molecular formula is C9H13BrN2O2. The molecule has 14 heavy (non-hydrogen) atoms. The normalized spacial score (nSPS) is 18.4. The Kier molecular flexibility index (Phi) is 3.08. The van der Waals surface area contributed by atoms with Gasteiger partial charge in [0.05, 0.1) is 19.3 Å². The molecule has 1 saturated heterocycles. The fraction of sp³-hybridized carbons (Fsp3) is 0.667. The standard InChI is InChI=1S/C9H13BrN2O2/c1-13-8-6-11-12(9(8)10)7-2-4-14-5-3-7/h6-7H,2-5H2,1H3. The lowest BCUT2D eigenvalue weighted by atomic mass is 10.1. The van der Waals surface area contributed by atoms with E-state index >= 15 is 0 Å². The first-order valence-electron chi connectivity index (χ1n) is 4.67. The van der Waals surface area contributed by atoms with E-state index in [1.807, 2.05) is 4.68 Å². The van der Waals surface area contributed by atoms with E-state index in [2.05, 4.69) is 21.0 Å². The van der Waals surface area contributed by atoms with Crippen molar-refractivity contribution in [3.8, 4) is 5.75 Å². The molecule has 5 heteroatoms. The number of rotatable bonds is 2. The van der Waals surface area contributed by atoms with Gasteiger partial charge in [-0.25, -0.2) is 0 Å². The molecule has 0 radical (unpaired) electrons. The Balaban J connectivity index is 2.18. The van der Waals surface area contributed by atoms with Crippen molar-refractivity contribution in [1.29, 1.82) is 0 Å². The van der Waals surface area contributed by atoms with Gasteiger partial charge in [0.25, 0.3) is 0 Å². The predicted molar refractivity (Wildman–Crippen MR) is 55.6 cm³/mol. The third-order valence-electron chi connectivity index (χ3n) is 2.46. The van der Waals surface area contributed by atoms with E-state index in [0.717, 1.165) is 36.4 Å². The van der Waals surface area contributed by atoms with Crippen LogP contribution in [0.2, 0.25) is 0 Å². The van der Waals surface area contributed by atoms with Crippen LogP contribution in [0.5, 0.6) is 5.75 Å². The highest BCUT2D eigenvalue weighted by atomic mass is 79.9. The number of aromatic nitrogens is 2. The Hall–Kier alpha value is -0.550. The third-order valence-corrected chi connectivity index (χ3v) is 3.21. The van der Waals surface area contributed by atoms with Crippen molar-refractivity contribution < 1.29 is 9.47 Å². The zero-order chi connectivity index (χ0) is 9.97. The molecule has 78 valence electrons. The summed E-state index contributed by atoms with van der Waals surface area (Å²) in [4.78, 5) is 0. The smallest absolute Gasteiger partial charge is 0.171 e. The molecule has 1 aliphatic rings. The van der Waals surface area contributed by atoms with Crippen LogP contribution in [0.1, 0.15) is 18.9 Å². The van der Waals surface area contributed by atoms with Crippen LogP contribution in [-0.2, 0) is 4.74 Å². The molecule has 1 fully saturated rings. The zero-order valence-corrected chi connectivity index (χ0v) is 9.66. The van der Waals surface area contributed by atoms with Crippen LogP contribution < -0.4 is 4.74 Å². The molecular weight excluding hydrogens is 248 g/mol. The molecule has 0 N–H and O–H groups in total. The molecule has 1 aromatic rings. The summed E-state index contributed by atoms with van der Waals surface area (Å²) in [7, 11) is 1.65. The largest absolute Gasteiger partial charge is 0.492 e. The van der Waals surface area contributed by atoms with E-state index in [1.54, 1.807) is 13.3 Å². The summed E-state index contributed by atoms with van der Waals surface area (Å²) in [5, 5.41) is 4.30. The summed E-state index contributed by atoms with van der Waals surface area (Å²) in [5.41, 5.74) is 0. The maximum atomic E-state index is 5.31. The van der Waals surface area contributed by atoms with Gasteiger partial charge in [-0.2, -0.15) is 5.10 Å². The van der Waals surface area contributed by atoms with E-state index in [4.69, 9.17) is 9.47 Å². The molecule has 0 amide bonds. The second-order valence-corrected chi connectivity index (χ2v) is 4.04. The second-order valence-electron chi connectivity index (χ2n) is 3.29. The lowest BCUT2D eigenvalue weighted by Gasteiger charge is -2.22. The van der Waals surface area contributed by atoms with Crippen LogP contribution in [0, 0.1) is 0 Å². The van der Waals surface area contributed by atoms with Gasteiger partial charge in [0, 0.05) is 13.2 Å². The quantitative estimate of drug-likeness (QED) is 0.817. The number of nitrogens with zero attached hydrogens (tertiary/aromatic N) is 2. The fourth-order valence-corrected chi connectivity index (χ4v) is 2.30.